The van der Waals surface area contributed by atoms with E-state index in [9.17, 15) is 0 Å². The van der Waals surface area contributed by atoms with E-state index in [2.05, 4.69) is 59.4 Å². The molecule has 0 atom stereocenters. The molecule has 4 heterocycles. The van der Waals surface area contributed by atoms with E-state index in [1.807, 2.05) is 22.7 Å². The van der Waals surface area contributed by atoms with Gasteiger partial charge in [0.1, 0.15) is 0 Å². The minimum Gasteiger partial charge on any atom is -0.142 e. The third-order valence-corrected chi connectivity index (χ3v) is 11.9. The fraction of sp³-hybridized carbons (Fsp3) is 0.533. The van der Waals surface area contributed by atoms with Gasteiger partial charge in [0.05, 0.1) is 9.40 Å². The summed E-state index contributed by atoms with van der Waals surface area (Å²) in [5.41, 5.74) is 3.35. The molecule has 0 saturated carbocycles. The average molecular weight is 527 g/mol. The van der Waals surface area contributed by atoms with Gasteiger partial charge < -0.3 is 0 Å². The summed E-state index contributed by atoms with van der Waals surface area (Å²) in [6.45, 7) is 4.62. The molecular weight excluding hydrogens is 489 g/mol. The quantitative estimate of drug-likeness (QED) is 0.126. The summed E-state index contributed by atoms with van der Waals surface area (Å²) in [5.74, 6) is 0. The smallest absolute Gasteiger partial charge is 0.0532 e. The minimum absolute atomic E-state index is 1.24. The van der Waals surface area contributed by atoms with Crippen LogP contribution in [0.2, 0.25) is 0 Å². The van der Waals surface area contributed by atoms with Gasteiger partial charge in [0.2, 0.25) is 0 Å². The van der Waals surface area contributed by atoms with Crippen LogP contribution in [0.5, 0.6) is 0 Å². The van der Waals surface area contributed by atoms with Crippen molar-refractivity contribution in [2.75, 3.05) is 0 Å². The van der Waals surface area contributed by atoms with Gasteiger partial charge in [0.25, 0.3) is 0 Å². The minimum atomic E-state index is 1.24. The van der Waals surface area contributed by atoms with E-state index in [1.54, 1.807) is 40.7 Å². The van der Waals surface area contributed by atoms with Crippen LogP contribution in [0, 0.1) is 0 Å². The molecule has 4 aromatic heterocycles. The third-order valence-electron chi connectivity index (χ3n) is 7.30. The van der Waals surface area contributed by atoms with Crippen molar-refractivity contribution in [2.24, 2.45) is 0 Å². The molecule has 5 rings (SSSR count). The second-order valence-corrected chi connectivity index (χ2v) is 13.8. The first kappa shape index (κ1) is 24.7. The Labute approximate surface area is 221 Å². The van der Waals surface area contributed by atoms with Crippen LogP contribution in [-0.2, 0) is 12.8 Å². The zero-order valence-electron chi connectivity index (χ0n) is 20.8. The molecule has 4 heteroatoms. The van der Waals surface area contributed by atoms with E-state index < -0.39 is 0 Å². The Morgan fingerprint density at radius 3 is 1.44 bits per heavy atom. The molecular formula is C30H38S4. The highest BCUT2D eigenvalue weighted by Crippen LogP contribution is 2.50. The van der Waals surface area contributed by atoms with E-state index in [-0.39, 0.29) is 0 Å². The molecule has 0 radical (unpaired) electrons. The molecule has 0 N–H and O–H groups in total. The molecule has 0 aliphatic carbocycles. The molecule has 34 heavy (non-hydrogen) atoms. The Morgan fingerprint density at radius 1 is 0.500 bits per heavy atom. The first-order chi connectivity index (χ1) is 16.8. The lowest BCUT2D eigenvalue weighted by molar-refractivity contribution is 0.608. The lowest BCUT2D eigenvalue weighted by Gasteiger charge is -2.12. The SMILES string of the molecule is CCCCCCCCc1c2sc3ccsc3c2c(CCCCCCCC)c2c1sc1ccsc12. The van der Waals surface area contributed by atoms with Crippen LogP contribution in [0.4, 0.5) is 0 Å². The van der Waals surface area contributed by atoms with E-state index in [1.165, 1.54) is 99.3 Å². The van der Waals surface area contributed by atoms with Crippen LogP contribution < -0.4 is 0 Å². The second-order valence-electron chi connectivity index (χ2n) is 9.83. The largest absolute Gasteiger partial charge is 0.142 e. The molecule has 0 unspecified atom stereocenters. The summed E-state index contributed by atoms with van der Waals surface area (Å²) < 4.78 is 9.38. The molecule has 0 fully saturated rings. The van der Waals surface area contributed by atoms with Crippen molar-refractivity contribution in [3.05, 3.63) is 34.0 Å². The summed E-state index contributed by atoms with van der Waals surface area (Å²) in [6, 6.07) is 4.73. The fourth-order valence-corrected chi connectivity index (χ4v) is 10.5. The fourth-order valence-electron chi connectivity index (χ4n) is 5.49. The average Bonchev–Trinajstić information content (AvgIpc) is 3.60. The molecule has 1 aromatic carbocycles. The zero-order chi connectivity index (χ0) is 23.3. The highest BCUT2D eigenvalue weighted by atomic mass is 32.1. The van der Waals surface area contributed by atoms with Gasteiger partial charge in [-0.25, -0.2) is 0 Å². The van der Waals surface area contributed by atoms with Gasteiger partial charge >= 0.3 is 0 Å². The highest BCUT2D eigenvalue weighted by Gasteiger charge is 2.22. The Kier molecular flexibility index (Phi) is 8.63. The number of hydrogen-bond acceptors (Lipinski definition) is 4. The predicted octanol–water partition coefficient (Wildman–Crippen LogP) is 12.4. The van der Waals surface area contributed by atoms with Crippen molar-refractivity contribution < 1.29 is 0 Å². The van der Waals surface area contributed by atoms with Crippen LogP contribution in [0.3, 0.4) is 0 Å². The van der Waals surface area contributed by atoms with Crippen molar-refractivity contribution in [3.63, 3.8) is 0 Å². The van der Waals surface area contributed by atoms with Gasteiger partial charge in [-0.2, -0.15) is 0 Å². The number of fused-ring (bicyclic) bond motifs is 6. The Hall–Kier alpha value is -0.940. The molecule has 0 amide bonds. The Bertz CT molecular complexity index is 1260. The highest BCUT2D eigenvalue weighted by molar-refractivity contribution is 7.34. The maximum atomic E-state index is 2.36. The molecule has 5 aromatic rings. The molecule has 0 saturated heterocycles. The first-order valence-electron chi connectivity index (χ1n) is 13.6. The molecule has 0 spiro atoms. The first-order valence-corrected chi connectivity index (χ1v) is 17.0. The van der Waals surface area contributed by atoms with Gasteiger partial charge in [0, 0.05) is 29.6 Å². The summed E-state index contributed by atoms with van der Waals surface area (Å²) in [7, 11) is 0. The third kappa shape index (κ3) is 4.98. The standard InChI is InChI=1S/C30H38S4/c1-3-5-7-9-11-13-15-21-25-27(33-23-17-19-31-29(23)25)22(16-14-12-10-8-6-4-2)28-26(21)30-24(34-28)18-20-32-30/h17-20H,3-16H2,1-2H3. The van der Waals surface area contributed by atoms with Gasteiger partial charge in [0.15, 0.2) is 0 Å². The summed E-state index contributed by atoms with van der Waals surface area (Å²) in [4.78, 5) is 0. The van der Waals surface area contributed by atoms with Crippen LogP contribution in [0.25, 0.3) is 39.0 Å². The number of rotatable bonds is 14. The zero-order valence-corrected chi connectivity index (χ0v) is 24.1. The number of aryl methyl sites for hydroxylation is 2. The molecule has 0 aliphatic rings. The Balaban J connectivity index is 1.54. The molecule has 0 bridgehead atoms. The number of unbranched alkanes of at least 4 members (excludes halogenated alkanes) is 10. The second kappa shape index (κ2) is 11.9. The van der Waals surface area contributed by atoms with Crippen LogP contribution in [-0.4, -0.2) is 0 Å². The van der Waals surface area contributed by atoms with Crippen LogP contribution in [0.15, 0.2) is 22.9 Å². The van der Waals surface area contributed by atoms with E-state index in [0.29, 0.717) is 0 Å². The van der Waals surface area contributed by atoms with E-state index >= 15 is 0 Å². The summed E-state index contributed by atoms with van der Waals surface area (Å²) in [6.07, 6.45) is 19.0. The van der Waals surface area contributed by atoms with E-state index in [4.69, 9.17) is 0 Å². The van der Waals surface area contributed by atoms with Gasteiger partial charge in [-0.15, -0.1) is 45.3 Å². The number of hydrogen-bond donors (Lipinski definition) is 0. The molecule has 0 nitrogen and oxygen atoms in total. The summed E-state index contributed by atoms with van der Waals surface area (Å²) >= 11 is 8.10. The van der Waals surface area contributed by atoms with Crippen LogP contribution >= 0.6 is 45.3 Å². The van der Waals surface area contributed by atoms with Crippen molar-refractivity contribution in [2.45, 2.75) is 104 Å². The molecule has 0 aliphatic heterocycles. The predicted molar refractivity (Wildman–Crippen MR) is 162 cm³/mol. The molecule has 182 valence electrons. The normalized spacial score (nSPS) is 12.3. The Morgan fingerprint density at radius 2 is 0.941 bits per heavy atom. The van der Waals surface area contributed by atoms with Crippen LogP contribution in [0.1, 0.15) is 102 Å². The maximum absolute atomic E-state index is 2.36. The summed E-state index contributed by atoms with van der Waals surface area (Å²) in [5, 5.41) is 7.87. The van der Waals surface area contributed by atoms with Gasteiger partial charge in [-0.1, -0.05) is 78.1 Å². The van der Waals surface area contributed by atoms with Gasteiger partial charge in [-0.3, -0.25) is 0 Å². The maximum Gasteiger partial charge on any atom is 0.0532 e. The number of thiophene rings is 4. The van der Waals surface area contributed by atoms with Crippen molar-refractivity contribution in [1.29, 1.82) is 0 Å². The monoisotopic (exact) mass is 526 g/mol. The topological polar surface area (TPSA) is 0 Å². The van der Waals surface area contributed by atoms with Crippen molar-refractivity contribution >= 4 is 84.3 Å². The van der Waals surface area contributed by atoms with Crippen molar-refractivity contribution in [1.82, 2.24) is 0 Å². The van der Waals surface area contributed by atoms with E-state index in [0.717, 1.165) is 0 Å². The number of benzene rings is 1. The van der Waals surface area contributed by atoms with Crippen molar-refractivity contribution in [3.8, 4) is 0 Å². The van der Waals surface area contributed by atoms with Gasteiger partial charge in [-0.05, 0) is 59.7 Å². The lowest BCUT2D eigenvalue weighted by atomic mass is 9.94. The lowest BCUT2D eigenvalue weighted by Crippen LogP contribution is -1.94.